The number of hydrogen-bond donors (Lipinski definition) is 3. The summed E-state index contributed by atoms with van der Waals surface area (Å²) in [5.41, 5.74) is 0. The first-order valence-electron chi connectivity index (χ1n) is 30.9. The lowest BCUT2D eigenvalue weighted by Gasteiger charge is -2.40. The van der Waals surface area contributed by atoms with Gasteiger partial charge in [0.2, 0.25) is 0 Å². The molecule has 0 aliphatic carbocycles. The lowest BCUT2D eigenvalue weighted by atomic mass is 9.98. The molecule has 0 aromatic heterocycles. The minimum absolute atomic E-state index is 0.0335. The van der Waals surface area contributed by atoms with Gasteiger partial charge in [-0.2, -0.15) is 0 Å². The van der Waals surface area contributed by atoms with Gasteiger partial charge in [-0.1, -0.05) is 226 Å². The third-order valence-electron chi connectivity index (χ3n) is 13.3. The summed E-state index contributed by atoms with van der Waals surface area (Å²) in [6, 6.07) is 0. The number of rotatable bonds is 51. The second-order valence-electron chi connectivity index (χ2n) is 20.6. The molecule has 1 saturated heterocycles. The zero-order valence-electron chi connectivity index (χ0n) is 49.3. The minimum Gasteiger partial charge on any atom is -0.479 e. The van der Waals surface area contributed by atoms with Gasteiger partial charge in [0.25, 0.3) is 0 Å². The van der Waals surface area contributed by atoms with Gasteiger partial charge in [0.15, 0.2) is 24.6 Å². The highest BCUT2D eigenvalue weighted by Crippen LogP contribution is 2.26. The predicted molar refractivity (Wildman–Crippen MR) is 321 cm³/mol. The molecule has 1 heterocycles. The number of carboxylic acid groups (broad SMARTS) is 1. The summed E-state index contributed by atoms with van der Waals surface area (Å²) < 4.78 is 28.3. The van der Waals surface area contributed by atoms with Crippen molar-refractivity contribution in [1.82, 2.24) is 0 Å². The van der Waals surface area contributed by atoms with Crippen LogP contribution in [0.1, 0.15) is 239 Å². The summed E-state index contributed by atoms with van der Waals surface area (Å²) >= 11 is 0. The van der Waals surface area contributed by atoms with Crippen LogP contribution in [-0.4, -0.2) is 89.2 Å². The highest BCUT2D eigenvalue weighted by atomic mass is 16.7. The largest absolute Gasteiger partial charge is 0.479 e. The molecule has 79 heavy (non-hydrogen) atoms. The smallest absolute Gasteiger partial charge is 0.335 e. The van der Waals surface area contributed by atoms with Crippen molar-refractivity contribution in [2.75, 3.05) is 13.2 Å². The number of carbonyl (C=O) groups is 4. The molecule has 12 heteroatoms. The number of aliphatic carboxylic acids is 1. The van der Waals surface area contributed by atoms with Crippen LogP contribution in [0, 0.1) is 0 Å². The Kier molecular flexibility index (Phi) is 49.5. The van der Waals surface area contributed by atoms with Gasteiger partial charge in [0.1, 0.15) is 18.8 Å². The molecule has 12 nitrogen and oxygen atoms in total. The van der Waals surface area contributed by atoms with E-state index in [1.165, 1.54) is 57.8 Å². The first kappa shape index (κ1) is 72.4. The molecule has 1 fully saturated rings. The van der Waals surface area contributed by atoms with Gasteiger partial charge in [-0.05, 0) is 103 Å². The van der Waals surface area contributed by atoms with Crippen molar-refractivity contribution in [2.45, 2.75) is 276 Å². The third-order valence-corrected chi connectivity index (χ3v) is 13.3. The Morgan fingerprint density at radius 1 is 0.443 bits per heavy atom. The molecule has 1 rings (SSSR count). The SMILES string of the molecule is CC/C=C\C/C=C\C/C=C\C/C=C\C/C=C\CC(=O)OC(COC(=O)CCCCCCCCC/C=C\CCCCCCCC)COC1OC(C(=O)O)C(O)C(O)C1OC(=O)CCCCCCCCC/C=C\C/C=C\C/C=C\CC. The van der Waals surface area contributed by atoms with Crippen LogP contribution in [0.3, 0.4) is 0 Å². The molecule has 0 spiro atoms. The lowest BCUT2D eigenvalue weighted by Crippen LogP contribution is -2.61. The van der Waals surface area contributed by atoms with Crippen molar-refractivity contribution in [3.8, 4) is 0 Å². The van der Waals surface area contributed by atoms with E-state index >= 15 is 0 Å². The molecule has 448 valence electrons. The Morgan fingerprint density at radius 3 is 1.29 bits per heavy atom. The van der Waals surface area contributed by atoms with E-state index in [1.807, 2.05) is 18.2 Å². The Hall–Kier alpha value is -4.62. The van der Waals surface area contributed by atoms with Gasteiger partial charge in [-0.15, -0.1) is 0 Å². The van der Waals surface area contributed by atoms with Gasteiger partial charge in [-0.3, -0.25) is 14.4 Å². The Labute approximate surface area is 478 Å². The summed E-state index contributed by atoms with van der Waals surface area (Å²) in [6.07, 6.45) is 60.8. The number of allylic oxidation sites excluding steroid dienone is 17. The van der Waals surface area contributed by atoms with Gasteiger partial charge < -0.3 is 39.0 Å². The molecule has 1 aliphatic heterocycles. The Balaban J connectivity index is 2.73. The monoisotopic (exact) mass is 1100 g/mol. The number of aliphatic hydroxyl groups is 2. The lowest BCUT2D eigenvalue weighted by molar-refractivity contribution is -0.301. The van der Waals surface area contributed by atoms with Gasteiger partial charge in [0, 0.05) is 12.8 Å². The minimum atomic E-state index is -1.93. The van der Waals surface area contributed by atoms with Gasteiger partial charge in [-0.25, -0.2) is 4.79 Å². The molecular formula is C67H108O12. The summed E-state index contributed by atoms with van der Waals surface area (Å²) in [6.45, 7) is 5.68. The number of aliphatic hydroxyl groups excluding tert-OH is 2. The highest BCUT2D eigenvalue weighted by molar-refractivity contribution is 5.74. The van der Waals surface area contributed by atoms with Crippen molar-refractivity contribution >= 4 is 23.9 Å². The number of hydrogen-bond acceptors (Lipinski definition) is 11. The molecule has 0 bridgehead atoms. The van der Waals surface area contributed by atoms with Crippen LogP contribution in [0.4, 0.5) is 0 Å². The van der Waals surface area contributed by atoms with E-state index in [2.05, 4.69) is 106 Å². The highest BCUT2D eigenvalue weighted by Gasteiger charge is 2.50. The predicted octanol–water partition coefficient (Wildman–Crippen LogP) is 16.2. The molecule has 6 atom stereocenters. The van der Waals surface area contributed by atoms with Crippen molar-refractivity contribution in [3.05, 3.63) is 109 Å². The molecule has 0 saturated carbocycles. The van der Waals surface area contributed by atoms with E-state index in [0.717, 1.165) is 122 Å². The number of esters is 3. The average Bonchev–Trinajstić information content (AvgIpc) is 3.46. The van der Waals surface area contributed by atoms with Crippen molar-refractivity contribution in [2.24, 2.45) is 0 Å². The van der Waals surface area contributed by atoms with Crippen molar-refractivity contribution in [3.63, 3.8) is 0 Å². The maximum Gasteiger partial charge on any atom is 0.335 e. The van der Waals surface area contributed by atoms with Crippen LogP contribution in [0.5, 0.6) is 0 Å². The van der Waals surface area contributed by atoms with Crippen LogP contribution < -0.4 is 0 Å². The summed E-state index contributed by atoms with van der Waals surface area (Å²) in [5, 5.41) is 31.5. The average molecular weight is 1110 g/mol. The fourth-order valence-electron chi connectivity index (χ4n) is 8.69. The molecule has 0 amide bonds. The maximum absolute atomic E-state index is 13.1. The van der Waals surface area contributed by atoms with Crippen LogP contribution >= 0.6 is 0 Å². The van der Waals surface area contributed by atoms with E-state index in [9.17, 15) is 34.5 Å². The number of ether oxygens (including phenoxy) is 5. The van der Waals surface area contributed by atoms with Gasteiger partial charge in [0.05, 0.1) is 13.0 Å². The standard InChI is InChI=1S/C67H108O12/c1-4-7-10-13-16-19-22-25-28-30-33-35-38-41-44-47-50-53-59(68)75-56-58(77-60(69)54-51-48-45-42-39-36-32-27-24-21-18-15-12-9-6-3)57-76-67-65(63(72)62(71)64(79-67)66(73)74)78-61(70)55-52-49-46-43-40-37-34-31-29-26-23-20-17-14-11-8-5-2/h8-9,11-12,17-18,20-21,25-29,32,39,42,48,51,58,62-65,67,71-72H,4-7,10,13-16,19,22-24,30-31,33-38,40-41,43-47,49-50,52-57H2,1-3H3,(H,73,74)/b11-8-,12-9-,20-17-,21-18-,28-25-,29-26-,32-27-,42-39-,51-48-. The van der Waals surface area contributed by atoms with Crippen molar-refractivity contribution < 1.29 is 58.2 Å². The van der Waals surface area contributed by atoms with Crippen molar-refractivity contribution in [1.29, 1.82) is 0 Å². The van der Waals surface area contributed by atoms with Gasteiger partial charge >= 0.3 is 23.9 Å². The van der Waals surface area contributed by atoms with E-state index in [-0.39, 0.29) is 25.9 Å². The summed E-state index contributed by atoms with van der Waals surface area (Å²) in [5.74, 6) is -3.31. The molecule has 1 aliphatic rings. The number of unbranched alkanes of at least 4 members (excludes halogenated alkanes) is 20. The van der Waals surface area contributed by atoms with E-state index in [4.69, 9.17) is 23.7 Å². The fourth-order valence-corrected chi connectivity index (χ4v) is 8.69. The van der Waals surface area contributed by atoms with E-state index < -0.39 is 67.3 Å². The fraction of sp³-hybridized carbons (Fsp3) is 0.672. The maximum atomic E-state index is 13.1. The zero-order valence-corrected chi connectivity index (χ0v) is 49.3. The molecule has 0 radical (unpaired) electrons. The number of carboxylic acids is 1. The number of carbonyl (C=O) groups excluding carboxylic acids is 3. The second kappa shape index (κ2) is 54.0. The molecule has 3 N–H and O–H groups in total. The summed E-state index contributed by atoms with van der Waals surface area (Å²) in [4.78, 5) is 51.2. The van der Waals surface area contributed by atoms with E-state index in [0.29, 0.717) is 19.3 Å². The molecular weight excluding hydrogens is 997 g/mol. The summed E-state index contributed by atoms with van der Waals surface area (Å²) in [7, 11) is 0. The Morgan fingerprint density at radius 2 is 0.835 bits per heavy atom. The molecule has 0 aromatic carbocycles. The normalized spacial score (nSPS) is 18.6. The molecule has 6 unspecified atom stereocenters. The van der Waals surface area contributed by atoms with Crippen LogP contribution in [-0.2, 0) is 42.9 Å². The zero-order chi connectivity index (χ0) is 57.5. The first-order chi connectivity index (χ1) is 38.6. The van der Waals surface area contributed by atoms with Crippen LogP contribution in [0.15, 0.2) is 109 Å². The third kappa shape index (κ3) is 43.8. The first-order valence-corrected chi connectivity index (χ1v) is 30.9. The molecule has 0 aromatic rings. The van der Waals surface area contributed by atoms with Crippen LogP contribution in [0.25, 0.3) is 0 Å². The Bertz CT molecular complexity index is 1790. The topological polar surface area (TPSA) is 175 Å². The van der Waals surface area contributed by atoms with E-state index in [1.54, 1.807) is 6.08 Å². The van der Waals surface area contributed by atoms with Crippen LogP contribution in [0.2, 0.25) is 0 Å². The quantitative estimate of drug-likeness (QED) is 0.0228. The second-order valence-corrected chi connectivity index (χ2v) is 20.6.